The van der Waals surface area contributed by atoms with Crippen LogP contribution in [0.15, 0.2) is 0 Å². The van der Waals surface area contributed by atoms with E-state index in [0.29, 0.717) is 6.61 Å². The van der Waals surface area contributed by atoms with Crippen molar-refractivity contribution in [3.63, 3.8) is 0 Å². The number of ether oxygens (including phenoxy) is 2. The molecule has 0 spiro atoms. The molecular formula is C13H20O3. The van der Waals surface area contributed by atoms with E-state index in [2.05, 4.69) is 5.92 Å². The van der Waals surface area contributed by atoms with E-state index in [0.717, 1.165) is 6.42 Å². The van der Waals surface area contributed by atoms with E-state index >= 15 is 0 Å². The lowest BCUT2D eigenvalue weighted by Crippen LogP contribution is -2.49. The zero-order valence-corrected chi connectivity index (χ0v) is 10.5. The van der Waals surface area contributed by atoms with Gasteiger partial charge in [-0.05, 0) is 20.3 Å². The van der Waals surface area contributed by atoms with Crippen LogP contribution in [0.1, 0.15) is 40.5 Å². The summed E-state index contributed by atoms with van der Waals surface area (Å²) in [5.74, 6) is 1.84. The Labute approximate surface area is 97.5 Å². The van der Waals surface area contributed by atoms with Gasteiger partial charge in [-0.3, -0.25) is 4.79 Å². The average Bonchev–Trinajstić information content (AvgIpc) is 2.16. The summed E-state index contributed by atoms with van der Waals surface area (Å²) in [6, 6.07) is 0. The highest BCUT2D eigenvalue weighted by atomic mass is 16.7. The fraction of sp³-hybridized carbons (Fsp3) is 0.769. The fourth-order valence-corrected chi connectivity index (χ4v) is 1.86. The molecule has 1 rings (SSSR count). The van der Waals surface area contributed by atoms with Gasteiger partial charge >= 0.3 is 0 Å². The number of terminal acetylenes is 1. The van der Waals surface area contributed by atoms with Gasteiger partial charge in [0.15, 0.2) is 11.6 Å². The Hall–Kier alpha value is -0.850. The summed E-state index contributed by atoms with van der Waals surface area (Å²) in [7, 11) is 0. The van der Waals surface area contributed by atoms with Crippen LogP contribution in [0.4, 0.5) is 0 Å². The predicted octanol–water partition coefficient (Wildman–Crippen LogP) is 2.15. The van der Waals surface area contributed by atoms with Crippen molar-refractivity contribution in [1.82, 2.24) is 0 Å². The van der Waals surface area contributed by atoms with Crippen LogP contribution in [0, 0.1) is 17.8 Å². The third-order valence-corrected chi connectivity index (χ3v) is 3.04. The molecule has 16 heavy (non-hydrogen) atoms. The summed E-state index contributed by atoms with van der Waals surface area (Å²) in [6.45, 7) is 8.11. The standard InChI is InChI=1S/C13H20O3/c1-6-7-10(14)12(2,3)11-8-9-15-13(4,5)16-11/h1,11H,7-9H2,2-5H3/t11-/m0/s1. The number of carbonyl (C=O) groups excluding carboxylic acids is 1. The minimum absolute atomic E-state index is 0.0534. The molecule has 0 aromatic carbocycles. The van der Waals surface area contributed by atoms with Crippen molar-refractivity contribution in [2.45, 2.75) is 52.4 Å². The van der Waals surface area contributed by atoms with E-state index in [1.807, 2.05) is 27.7 Å². The first-order chi connectivity index (χ1) is 7.29. The summed E-state index contributed by atoms with van der Waals surface area (Å²) in [5, 5.41) is 0. The summed E-state index contributed by atoms with van der Waals surface area (Å²) < 4.78 is 11.3. The normalized spacial score (nSPS) is 24.8. The van der Waals surface area contributed by atoms with Gasteiger partial charge in [-0.1, -0.05) is 19.8 Å². The van der Waals surface area contributed by atoms with Crippen molar-refractivity contribution in [2.24, 2.45) is 5.41 Å². The monoisotopic (exact) mass is 224 g/mol. The minimum atomic E-state index is -0.614. The lowest BCUT2D eigenvalue weighted by molar-refractivity contribution is -0.288. The zero-order valence-electron chi connectivity index (χ0n) is 10.5. The molecule has 1 atom stereocenters. The Bertz CT molecular complexity index is 310. The second-order valence-electron chi connectivity index (χ2n) is 5.17. The molecule has 1 aliphatic rings. The molecular weight excluding hydrogens is 204 g/mol. The Balaban J connectivity index is 2.76. The second-order valence-corrected chi connectivity index (χ2v) is 5.17. The number of ketones is 1. The Morgan fingerprint density at radius 2 is 2.19 bits per heavy atom. The van der Waals surface area contributed by atoms with Gasteiger partial charge in [0.1, 0.15) is 0 Å². The summed E-state index contributed by atoms with van der Waals surface area (Å²) >= 11 is 0. The molecule has 3 nitrogen and oxygen atoms in total. The van der Waals surface area contributed by atoms with Crippen molar-refractivity contribution in [3.8, 4) is 12.3 Å². The Kier molecular flexibility index (Phi) is 3.77. The largest absolute Gasteiger partial charge is 0.350 e. The number of Topliss-reactive ketones (excluding diaryl/α,β-unsaturated/α-hetero) is 1. The van der Waals surface area contributed by atoms with E-state index < -0.39 is 11.2 Å². The van der Waals surface area contributed by atoms with E-state index in [-0.39, 0.29) is 18.3 Å². The van der Waals surface area contributed by atoms with Crippen molar-refractivity contribution < 1.29 is 14.3 Å². The third kappa shape index (κ3) is 2.84. The first-order valence-electron chi connectivity index (χ1n) is 5.58. The molecule has 0 unspecified atom stereocenters. The lowest BCUT2D eigenvalue weighted by Gasteiger charge is -2.42. The van der Waals surface area contributed by atoms with Crippen LogP contribution in [-0.2, 0) is 14.3 Å². The summed E-state index contributed by atoms with van der Waals surface area (Å²) in [5.41, 5.74) is -0.548. The van der Waals surface area contributed by atoms with Crippen LogP contribution in [-0.4, -0.2) is 24.3 Å². The number of hydrogen-bond donors (Lipinski definition) is 0. The molecule has 0 aliphatic carbocycles. The Morgan fingerprint density at radius 3 is 2.69 bits per heavy atom. The van der Waals surface area contributed by atoms with Crippen LogP contribution in [0.2, 0.25) is 0 Å². The van der Waals surface area contributed by atoms with Crippen molar-refractivity contribution >= 4 is 5.78 Å². The smallest absolute Gasteiger partial charge is 0.163 e. The zero-order chi connectivity index (χ0) is 12.4. The molecule has 0 aromatic heterocycles. The van der Waals surface area contributed by atoms with Crippen LogP contribution in [0.25, 0.3) is 0 Å². The first-order valence-corrected chi connectivity index (χ1v) is 5.58. The molecule has 1 heterocycles. The topological polar surface area (TPSA) is 35.5 Å². The molecule has 90 valence electrons. The van der Waals surface area contributed by atoms with Crippen molar-refractivity contribution in [3.05, 3.63) is 0 Å². The maximum atomic E-state index is 11.9. The maximum Gasteiger partial charge on any atom is 0.163 e. The molecule has 0 aromatic rings. The molecule has 3 heteroatoms. The van der Waals surface area contributed by atoms with E-state index in [1.54, 1.807) is 0 Å². The van der Waals surface area contributed by atoms with E-state index in [1.165, 1.54) is 0 Å². The molecule has 0 radical (unpaired) electrons. The third-order valence-electron chi connectivity index (χ3n) is 3.04. The van der Waals surface area contributed by atoms with Crippen LogP contribution < -0.4 is 0 Å². The SMILES string of the molecule is C#CCC(=O)C(C)(C)[C@@H]1CCOC(C)(C)O1. The number of hydrogen-bond acceptors (Lipinski definition) is 3. The van der Waals surface area contributed by atoms with E-state index in [9.17, 15) is 4.79 Å². The molecule has 1 aliphatic heterocycles. The summed E-state index contributed by atoms with van der Waals surface area (Å²) in [6.07, 6.45) is 5.93. The van der Waals surface area contributed by atoms with Gasteiger partial charge in [-0.2, -0.15) is 0 Å². The predicted molar refractivity (Wildman–Crippen MR) is 61.8 cm³/mol. The molecule has 1 saturated heterocycles. The van der Waals surface area contributed by atoms with Gasteiger partial charge in [0.05, 0.1) is 24.5 Å². The van der Waals surface area contributed by atoms with Crippen LogP contribution in [0.5, 0.6) is 0 Å². The second kappa shape index (κ2) is 4.57. The highest BCUT2D eigenvalue weighted by Gasteiger charge is 2.42. The minimum Gasteiger partial charge on any atom is -0.350 e. The molecule has 0 amide bonds. The quantitative estimate of drug-likeness (QED) is 0.689. The highest BCUT2D eigenvalue weighted by molar-refractivity contribution is 5.86. The van der Waals surface area contributed by atoms with Crippen LogP contribution in [0.3, 0.4) is 0 Å². The van der Waals surface area contributed by atoms with Crippen molar-refractivity contribution in [2.75, 3.05) is 6.61 Å². The highest BCUT2D eigenvalue weighted by Crippen LogP contribution is 2.34. The van der Waals surface area contributed by atoms with Gasteiger partial charge in [0.25, 0.3) is 0 Å². The summed E-state index contributed by atoms with van der Waals surface area (Å²) in [4.78, 5) is 11.9. The molecule has 1 fully saturated rings. The van der Waals surface area contributed by atoms with Gasteiger partial charge in [0.2, 0.25) is 0 Å². The van der Waals surface area contributed by atoms with Gasteiger partial charge in [0, 0.05) is 0 Å². The number of carbonyl (C=O) groups is 1. The van der Waals surface area contributed by atoms with Crippen molar-refractivity contribution in [1.29, 1.82) is 0 Å². The molecule has 0 N–H and O–H groups in total. The van der Waals surface area contributed by atoms with E-state index in [4.69, 9.17) is 15.9 Å². The molecule has 0 bridgehead atoms. The van der Waals surface area contributed by atoms with Gasteiger partial charge in [-0.25, -0.2) is 0 Å². The average molecular weight is 224 g/mol. The maximum absolute atomic E-state index is 11.9. The van der Waals surface area contributed by atoms with Gasteiger partial charge in [-0.15, -0.1) is 6.42 Å². The fourth-order valence-electron chi connectivity index (χ4n) is 1.86. The first kappa shape index (κ1) is 13.2. The Morgan fingerprint density at radius 1 is 1.56 bits per heavy atom. The van der Waals surface area contributed by atoms with Crippen LogP contribution >= 0.6 is 0 Å². The lowest BCUT2D eigenvalue weighted by atomic mass is 9.79. The number of rotatable bonds is 3. The van der Waals surface area contributed by atoms with Gasteiger partial charge < -0.3 is 9.47 Å². The molecule has 0 saturated carbocycles.